The van der Waals surface area contributed by atoms with Crippen molar-refractivity contribution >= 4 is 11.8 Å². The van der Waals surface area contributed by atoms with Crippen LogP contribution in [-0.4, -0.2) is 86.6 Å². The number of aliphatic hydroxyl groups excluding tert-OH is 1. The van der Waals surface area contributed by atoms with Gasteiger partial charge in [-0.15, -0.1) is 5.10 Å². The first kappa shape index (κ1) is 21.8. The van der Waals surface area contributed by atoms with Crippen LogP contribution in [0.5, 0.6) is 0 Å². The Balaban J connectivity index is 1.35. The summed E-state index contributed by atoms with van der Waals surface area (Å²) < 4.78 is 1.67. The van der Waals surface area contributed by atoms with Gasteiger partial charge in [0.25, 0.3) is 0 Å². The molecule has 2 aliphatic heterocycles. The van der Waals surface area contributed by atoms with Gasteiger partial charge < -0.3 is 20.2 Å². The number of rotatable bonds is 5. The Kier molecular flexibility index (Phi) is 5.13. The number of carbonyl (C=O) groups excluding carboxylic acids is 2. The molecular weight excluding hydrogens is 408 g/mol. The molecule has 176 valence electrons. The summed E-state index contributed by atoms with van der Waals surface area (Å²) in [6.07, 6.45) is 5.97. The van der Waals surface area contributed by atoms with Gasteiger partial charge in [-0.25, -0.2) is 4.68 Å². The molecule has 4 atom stereocenters. The molecule has 1 unspecified atom stereocenters. The number of nitrogens with one attached hydrogen (secondary N) is 1. The van der Waals surface area contributed by atoms with E-state index in [1.165, 1.54) is 0 Å². The molecule has 2 saturated heterocycles. The molecule has 9 heteroatoms. The van der Waals surface area contributed by atoms with Crippen molar-refractivity contribution < 1.29 is 14.7 Å². The summed E-state index contributed by atoms with van der Waals surface area (Å²) in [4.78, 5) is 31.0. The summed E-state index contributed by atoms with van der Waals surface area (Å²) in [5, 5.41) is 22.2. The van der Waals surface area contributed by atoms with Crippen molar-refractivity contribution in [3.63, 3.8) is 0 Å². The maximum Gasteiger partial charge on any atom is 0.248 e. The van der Waals surface area contributed by atoms with E-state index in [1.807, 2.05) is 27.0 Å². The van der Waals surface area contributed by atoms with Crippen molar-refractivity contribution in [2.75, 3.05) is 26.7 Å². The highest BCUT2D eigenvalue weighted by atomic mass is 16.3. The van der Waals surface area contributed by atoms with Crippen molar-refractivity contribution in [2.45, 2.75) is 83.0 Å². The normalized spacial score (nSPS) is 30.7. The first-order valence-corrected chi connectivity index (χ1v) is 12.0. The Morgan fingerprint density at radius 1 is 1.25 bits per heavy atom. The number of hydrogen-bond acceptors (Lipinski definition) is 6. The van der Waals surface area contributed by atoms with Crippen LogP contribution in [0.1, 0.15) is 70.5 Å². The van der Waals surface area contributed by atoms with Gasteiger partial charge in [-0.3, -0.25) is 9.59 Å². The molecule has 9 nitrogen and oxygen atoms in total. The van der Waals surface area contributed by atoms with E-state index in [-0.39, 0.29) is 36.2 Å². The Bertz CT molecular complexity index is 900. The Labute approximate surface area is 189 Å². The number of carbonyl (C=O) groups is 2. The molecule has 2 amide bonds. The van der Waals surface area contributed by atoms with Gasteiger partial charge in [0.2, 0.25) is 11.8 Å². The lowest BCUT2D eigenvalue weighted by molar-refractivity contribution is -0.144. The fourth-order valence-corrected chi connectivity index (χ4v) is 5.68. The summed E-state index contributed by atoms with van der Waals surface area (Å²) in [5.41, 5.74) is 0.708. The molecule has 5 rings (SSSR count). The molecule has 4 aliphatic rings. The molecule has 0 aromatic carbocycles. The van der Waals surface area contributed by atoms with Crippen LogP contribution in [0, 0.1) is 10.8 Å². The highest BCUT2D eigenvalue weighted by Crippen LogP contribution is 2.52. The Morgan fingerprint density at radius 2 is 1.97 bits per heavy atom. The first-order valence-electron chi connectivity index (χ1n) is 12.0. The zero-order valence-corrected chi connectivity index (χ0v) is 19.6. The summed E-state index contributed by atoms with van der Waals surface area (Å²) >= 11 is 0. The average Bonchev–Trinajstić information content (AvgIpc) is 3.57. The standard InChI is InChI=1S/C23H36N6O3/c1-22(2,3)19(29-11-16(25-26-29)14-5-6-14)21(32)28-10-15(30)9-17(28)20(31)24-18-12-27(4)13-23(18)7-8-23/h11,14-15,17-19,30H,5-10,12-13H2,1-4H3,(H,24,31)/t15-,17+,18?,19-/m0/s1. The molecule has 1 spiro atoms. The quantitative estimate of drug-likeness (QED) is 0.700. The Morgan fingerprint density at radius 3 is 2.59 bits per heavy atom. The number of aromatic nitrogens is 3. The van der Waals surface area contributed by atoms with Gasteiger partial charge in [-0.05, 0) is 38.1 Å². The number of aliphatic hydroxyl groups is 1. The van der Waals surface area contributed by atoms with Crippen LogP contribution in [0.2, 0.25) is 0 Å². The van der Waals surface area contributed by atoms with Gasteiger partial charge in [-0.1, -0.05) is 26.0 Å². The topological polar surface area (TPSA) is 104 Å². The molecular formula is C23H36N6O3. The lowest BCUT2D eigenvalue weighted by Crippen LogP contribution is -2.53. The number of amides is 2. The van der Waals surface area contributed by atoms with Crippen molar-refractivity contribution in [1.82, 2.24) is 30.1 Å². The molecule has 32 heavy (non-hydrogen) atoms. The lowest BCUT2D eigenvalue weighted by Gasteiger charge is -2.35. The van der Waals surface area contributed by atoms with Crippen molar-refractivity contribution in [1.29, 1.82) is 0 Å². The summed E-state index contributed by atoms with van der Waals surface area (Å²) in [5.74, 6) is 0.128. The van der Waals surface area contributed by atoms with E-state index in [1.54, 1.807) is 9.58 Å². The largest absolute Gasteiger partial charge is 0.391 e. The zero-order valence-electron chi connectivity index (χ0n) is 19.6. The second-order valence-corrected chi connectivity index (χ2v) is 11.7. The molecule has 1 aromatic rings. The van der Waals surface area contributed by atoms with E-state index in [2.05, 4.69) is 27.6 Å². The maximum absolute atomic E-state index is 13.8. The highest BCUT2D eigenvalue weighted by Gasteiger charge is 2.55. The van der Waals surface area contributed by atoms with Crippen molar-refractivity contribution in [2.24, 2.45) is 10.8 Å². The van der Waals surface area contributed by atoms with Crippen LogP contribution in [0.4, 0.5) is 0 Å². The molecule has 2 saturated carbocycles. The number of β-amino-alcohol motifs (C(OH)–C–C–N with tert-alkyl or cyclic N) is 1. The number of likely N-dealkylation sites (N-methyl/N-ethyl adjacent to an activating group) is 1. The summed E-state index contributed by atoms with van der Waals surface area (Å²) in [7, 11) is 2.09. The van der Waals surface area contributed by atoms with Gasteiger partial charge >= 0.3 is 0 Å². The van der Waals surface area contributed by atoms with Crippen LogP contribution in [0.25, 0.3) is 0 Å². The number of nitrogens with zero attached hydrogens (tertiary/aromatic N) is 5. The summed E-state index contributed by atoms with van der Waals surface area (Å²) in [6.45, 7) is 8.02. The van der Waals surface area contributed by atoms with E-state index in [0.29, 0.717) is 5.92 Å². The van der Waals surface area contributed by atoms with Crippen LogP contribution < -0.4 is 5.32 Å². The summed E-state index contributed by atoms with van der Waals surface area (Å²) in [6, 6.07) is -1.13. The fourth-order valence-electron chi connectivity index (χ4n) is 5.68. The molecule has 3 heterocycles. The smallest absolute Gasteiger partial charge is 0.248 e. The molecule has 2 aliphatic carbocycles. The van der Waals surface area contributed by atoms with E-state index in [9.17, 15) is 14.7 Å². The maximum atomic E-state index is 13.8. The Hall–Kier alpha value is -2.00. The molecule has 0 bridgehead atoms. The van der Waals surface area contributed by atoms with Gasteiger partial charge in [0.15, 0.2) is 0 Å². The second kappa shape index (κ2) is 7.52. The van der Waals surface area contributed by atoms with Gasteiger partial charge in [0, 0.05) is 49.6 Å². The van der Waals surface area contributed by atoms with Gasteiger partial charge in [0.1, 0.15) is 12.1 Å². The van der Waals surface area contributed by atoms with Gasteiger partial charge in [-0.2, -0.15) is 0 Å². The molecule has 2 N–H and O–H groups in total. The average molecular weight is 445 g/mol. The molecule has 1 aromatic heterocycles. The van der Waals surface area contributed by atoms with Crippen LogP contribution >= 0.6 is 0 Å². The minimum Gasteiger partial charge on any atom is -0.391 e. The second-order valence-electron chi connectivity index (χ2n) is 11.7. The third-order valence-corrected chi connectivity index (χ3v) is 7.73. The molecule has 4 fully saturated rings. The minimum absolute atomic E-state index is 0.115. The molecule has 0 radical (unpaired) electrons. The third kappa shape index (κ3) is 3.94. The van der Waals surface area contributed by atoms with Crippen molar-refractivity contribution in [3.8, 4) is 0 Å². The van der Waals surface area contributed by atoms with E-state index in [4.69, 9.17) is 0 Å². The first-order chi connectivity index (χ1) is 15.1. The SMILES string of the molecule is CN1CC(NC(=O)[C@H]2C[C@H](O)CN2C(=O)[C@H](n2cc(C3CC3)nn2)C(C)(C)C)C2(CC2)C1. The van der Waals surface area contributed by atoms with E-state index >= 15 is 0 Å². The van der Waals surface area contributed by atoms with Crippen LogP contribution in [0.15, 0.2) is 6.20 Å². The third-order valence-electron chi connectivity index (χ3n) is 7.73. The lowest BCUT2D eigenvalue weighted by atomic mass is 9.85. The van der Waals surface area contributed by atoms with Crippen LogP contribution in [-0.2, 0) is 9.59 Å². The fraction of sp³-hybridized carbons (Fsp3) is 0.826. The predicted octanol–water partition coefficient (Wildman–Crippen LogP) is 0.915. The van der Waals surface area contributed by atoms with E-state index < -0.39 is 23.6 Å². The number of hydrogen-bond donors (Lipinski definition) is 2. The minimum atomic E-state index is -0.700. The van der Waals surface area contributed by atoms with E-state index in [0.717, 1.165) is 44.5 Å². The van der Waals surface area contributed by atoms with Crippen LogP contribution in [0.3, 0.4) is 0 Å². The number of likely N-dealkylation sites (tertiary alicyclic amines) is 2. The van der Waals surface area contributed by atoms with Gasteiger partial charge in [0.05, 0.1) is 11.8 Å². The zero-order chi connectivity index (χ0) is 22.8. The highest BCUT2D eigenvalue weighted by molar-refractivity contribution is 5.90. The predicted molar refractivity (Wildman–Crippen MR) is 118 cm³/mol. The monoisotopic (exact) mass is 444 g/mol. The van der Waals surface area contributed by atoms with Crippen molar-refractivity contribution in [3.05, 3.63) is 11.9 Å².